The van der Waals surface area contributed by atoms with Crippen LogP contribution in [0.3, 0.4) is 0 Å². The van der Waals surface area contributed by atoms with Crippen molar-refractivity contribution in [2.24, 2.45) is 11.5 Å². The third-order valence-electron chi connectivity index (χ3n) is 2.24. The molecule has 0 fully saturated rings. The van der Waals surface area contributed by atoms with Crippen molar-refractivity contribution >= 4 is 27.7 Å². The molecule has 1 aromatic rings. The number of sulfonamides is 1. The third-order valence-corrected chi connectivity index (χ3v) is 4.18. The minimum absolute atomic E-state index is 0.0141. The van der Waals surface area contributed by atoms with Crippen LogP contribution in [0.15, 0.2) is 23.1 Å². The van der Waals surface area contributed by atoms with E-state index in [1.54, 1.807) is 6.07 Å². The molecule has 7 nitrogen and oxygen atoms in total. The maximum absolute atomic E-state index is 11.9. The highest BCUT2D eigenvalue weighted by molar-refractivity contribution is 7.89. The van der Waals surface area contributed by atoms with Gasteiger partial charge in [-0.1, -0.05) is 17.7 Å². The average molecular weight is 307 g/mol. The summed E-state index contributed by atoms with van der Waals surface area (Å²) < 4.78 is 26.1. The molecule has 0 bridgehead atoms. The van der Waals surface area contributed by atoms with E-state index in [4.69, 9.17) is 23.1 Å². The van der Waals surface area contributed by atoms with Gasteiger partial charge in [0.1, 0.15) is 4.90 Å². The van der Waals surface area contributed by atoms with Crippen molar-refractivity contribution in [3.05, 3.63) is 28.8 Å². The molecule has 0 aliphatic heterocycles. The molecular weight excluding hydrogens is 292 g/mol. The molecule has 0 saturated carbocycles. The highest BCUT2D eigenvalue weighted by Gasteiger charge is 2.17. The quantitative estimate of drug-likeness (QED) is 0.540. The summed E-state index contributed by atoms with van der Waals surface area (Å²) >= 11 is 5.89. The number of rotatable bonds is 6. The van der Waals surface area contributed by atoms with Gasteiger partial charge >= 0.3 is 6.03 Å². The van der Waals surface area contributed by atoms with E-state index in [0.29, 0.717) is 0 Å². The van der Waals surface area contributed by atoms with Crippen LogP contribution in [0.4, 0.5) is 4.79 Å². The molecular formula is C10H15ClN4O3S. The molecule has 0 heterocycles. The number of carbonyl (C=O) groups is 1. The van der Waals surface area contributed by atoms with Crippen molar-refractivity contribution in [1.29, 1.82) is 0 Å². The van der Waals surface area contributed by atoms with Gasteiger partial charge in [-0.15, -0.1) is 0 Å². The van der Waals surface area contributed by atoms with E-state index in [9.17, 15) is 13.2 Å². The van der Waals surface area contributed by atoms with Crippen LogP contribution in [0, 0.1) is 0 Å². The van der Waals surface area contributed by atoms with E-state index in [0.717, 1.165) is 5.56 Å². The summed E-state index contributed by atoms with van der Waals surface area (Å²) in [7, 11) is -3.73. The third kappa shape index (κ3) is 4.67. The Bertz CT molecular complexity index is 562. The van der Waals surface area contributed by atoms with Gasteiger partial charge in [-0.3, -0.25) is 0 Å². The number of nitrogens with one attached hydrogen (secondary N) is 2. The molecule has 0 aliphatic rings. The van der Waals surface area contributed by atoms with E-state index in [-0.39, 0.29) is 29.6 Å². The van der Waals surface area contributed by atoms with E-state index in [2.05, 4.69) is 10.0 Å². The van der Waals surface area contributed by atoms with Gasteiger partial charge in [0.25, 0.3) is 0 Å². The van der Waals surface area contributed by atoms with Gasteiger partial charge in [-0.25, -0.2) is 17.9 Å². The molecule has 0 atom stereocenters. The van der Waals surface area contributed by atoms with Crippen LogP contribution in [0.1, 0.15) is 5.56 Å². The number of halogens is 1. The number of hydrogen-bond acceptors (Lipinski definition) is 4. The Kier molecular flexibility index (Phi) is 5.55. The zero-order valence-corrected chi connectivity index (χ0v) is 11.6. The maximum atomic E-state index is 11.9. The lowest BCUT2D eigenvalue weighted by Crippen LogP contribution is -2.37. The van der Waals surface area contributed by atoms with Gasteiger partial charge in [0, 0.05) is 19.6 Å². The number of benzene rings is 1. The number of urea groups is 1. The summed E-state index contributed by atoms with van der Waals surface area (Å²) in [5.41, 5.74) is 11.0. The first kappa shape index (κ1) is 15.7. The Labute approximate surface area is 116 Å². The monoisotopic (exact) mass is 306 g/mol. The van der Waals surface area contributed by atoms with Crippen LogP contribution in [0.5, 0.6) is 0 Å². The van der Waals surface area contributed by atoms with E-state index < -0.39 is 16.1 Å². The number of nitrogens with two attached hydrogens (primary N) is 2. The smallest absolute Gasteiger partial charge is 0.312 e. The molecule has 9 heteroatoms. The van der Waals surface area contributed by atoms with Gasteiger partial charge < -0.3 is 16.8 Å². The summed E-state index contributed by atoms with van der Waals surface area (Å²) in [6.07, 6.45) is 0. The number of hydrogen-bond donors (Lipinski definition) is 4. The Balaban J connectivity index is 2.74. The molecule has 1 aromatic carbocycles. The van der Waals surface area contributed by atoms with Crippen LogP contribution >= 0.6 is 11.6 Å². The zero-order valence-electron chi connectivity index (χ0n) is 10.0. The van der Waals surface area contributed by atoms with Gasteiger partial charge in [-0.05, 0) is 17.7 Å². The highest BCUT2D eigenvalue weighted by atomic mass is 35.5. The number of primary amides is 1. The minimum Gasteiger partial charge on any atom is -0.352 e. The van der Waals surface area contributed by atoms with E-state index in [1.165, 1.54) is 12.1 Å². The van der Waals surface area contributed by atoms with Crippen molar-refractivity contribution in [2.75, 3.05) is 13.1 Å². The van der Waals surface area contributed by atoms with Crippen molar-refractivity contribution in [3.63, 3.8) is 0 Å². The van der Waals surface area contributed by atoms with Gasteiger partial charge in [0.05, 0.1) is 5.02 Å². The first-order valence-corrected chi connectivity index (χ1v) is 7.24. The second kappa shape index (κ2) is 6.71. The Morgan fingerprint density at radius 2 is 2.00 bits per heavy atom. The maximum Gasteiger partial charge on any atom is 0.312 e. The lowest BCUT2D eigenvalue weighted by molar-refractivity contribution is 0.249. The fraction of sp³-hybridized carbons (Fsp3) is 0.300. The molecule has 2 amide bonds. The summed E-state index contributed by atoms with van der Waals surface area (Å²) in [5, 5.41) is 2.36. The largest absolute Gasteiger partial charge is 0.352 e. The van der Waals surface area contributed by atoms with Gasteiger partial charge in [-0.2, -0.15) is 0 Å². The summed E-state index contributed by atoms with van der Waals surface area (Å²) in [5.74, 6) is 0. The van der Waals surface area contributed by atoms with Crippen LogP contribution < -0.4 is 21.5 Å². The molecule has 6 N–H and O–H groups in total. The average Bonchev–Trinajstić information content (AvgIpc) is 2.34. The van der Waals surface area contributed by atoms with Crippen LogP contribution in [0.2, 0.25) is 5.02 Å². The topological polar surface area (TPSA) is 127 Å². The summed E-state index contributed by atoms with van der Waals surface area (Å²) in [4.78, 5) is 10.4. The van der Waals surface area contributed by atoms with Gasteiger partial charge in [0.2, 0.25) is 10.0 Å². The summed E-state index contributed by atoms with van der Waals surface area (Å²) in [6, 6.07) is 3.75. The first-order chi connectivity index (χ1) is 8.86. The highest BCUT2D eigenvalue weighted by Crippen LogP contribution is 2.22. The van der Waals surface area contributed by atoms with Crippen molar-refractivity contribution < 1.29 is 13.2 Å². The molecule has 0 unspecified atom stereocenters. The molecule has 0 saturated heterocycles. The lowest BCUT2D eigenvalue weighted by atomic mass is 10.2. The van der Waals surface area contributed by atoms with Crippen LogP contribution in [0.25, 0.3) is 0 Å². The minimum atomic E-state index is -3.73. The number of amides is 2. The molecule has 0 spiro atoms. The first-order valence-electron chi connectivity index (χ1n) is 5.38. The normalized spacial score (nSPS) is 11.3. The molecule has 106 valence electrons. The molecule has 0 aliphatic carbocycles. The van der Waals surface area contributed by atoms with Gasteiger partial charge in [0.15, 0.2) is 0 Å². The van der Waals surface area contributed by atoms with Crippen molar-refractivity contribution in [3.8, 4) is 0 Å². The van der Waals surface area contributed by atoms with E-state index in [1.807, 2.05) is 0 Å². The molecule has 1 rings (SSSR count). The van der Waals surface area contributed by atoms with Crippen LogP contribution in [-0.2, 0) is 16.6 Å². The zero-order chi connectivity index (χ0) is 14.5. The van der Waals surface area contributed by atoms with Crippen LogP contribution in [-0.4, -0.2) is 27.5 Å². The lowest BCUT2D eigenvalue weighted by Gasteiger charge is -2.09. The number of carbonyl (C=O) groups excluding carboxylic acids is 1. The predicted molar refractivity (Wildman–Crippen MR) is 72.1 cm³/mol. The fourth-order valence-corrected chi connectivity index (χ4v) is 2.94. The van der Waals surface area contributed by atoms with E-state index >= 15 is 0 Å². The Hall–Kier alpha value is -1.35. The van der Waals surface area contributed by atoms with Crippen molar-refractivity contribution in [1.82, 2.24) is 10.0 Å². The predicted octanol–water partition coefficient (Wildman–Crippen LogP) is -0.255. The SMILES string of the molecule is NCc1ccc(S(=O)(=O)NCCNC(N)=O)c(Cl)c1. The molecule has 0 aromatic heterocycles. The second-order valence-electron chi connectivity index (χ2n) is 3.66. The second-order valence-corrected chi connectivity index (χ2v) is 5.80. The summed E-state index contributed by atoms with van der Waals surface area (Å²) in [6.45, 7) is 0.378. The fourth-order valence-electron chi connectivity index (χ4n) is 1.34. The Morgan fingerprint density at radius 3 is 2.53 bits per heavy atom. The molecule has 19 heavy (non-hydrogen) atoms. The Morgan fingerprint density at radius 1 is 1.32 bits per heavy atom. The standard InChI is InChI=1S/C10H15ClN4O3S/c11-8-5-7(6-12)1-2-9(8)19(17,18)15-4-3-14-10(13)16/h1-2,5,15H,3-4,6,12H2,(H3,13,14,16). The van der Waals surface area contributed by atoms with Crippen molar-refractivity contribution in [2.45, 2.75) is 11.4 Å². The molecule has 0 radical (unpaired) electrons.